The van der Waals surface area contributed by atoms with E-state index in [0.29, 0.717) is 22.9 Å². The SMILES string of the molecule is NC1(Cc2cc(Cl)ccc2F)CC2CC1C1CCCC21. The molecule has 3 heteroatoms. The molecule has 2 N–H and O–H groups in total. The second kappa shape index (κ2) is 4.45. The maximum atomic E-state index is 14.0. The number of hydrogen-bond acceptors (Lipinski definition) is 1. The van der Waals surface area contributed by atoms with Gasteiger partial charge in [-0.15, -0.1) is 0 Å². The Bertz CT molecular complexity index is 546. The third kappa shape index (κ3) is 1.84. The third-order valence-corrected chi connectivity index (χ3v) is 6.45. The summed E-state index contributed by atoms with van der Waals surface area (Å²) in [7, 11) is 0. The molecule has 1 aromatic rings. The number of halogens is 2. The summed E-state index contributed by atoms with van der Waals surface area (Å²) in [5, 5.41) is 0.604. The number of benzene rings is 1. The Kier molecular flexibility index (Phi) is 2.91. The lowest BCUT2D eigenvalue weighted by atomic mass is 9.69. The molecule has 2 bridgehead atoms. The highest BCUT2D eigenvalue weighted by Crippen LogP contribution is 2.62. The van der Waals surface area contributed by atoms with Gasteiger partial charge in [0.15, 0.2) is 0 Å². The molecule has 5 atom stereocenters. The van der Waals surface area contributed by atoms with Crippen LogP contribution in [-0.2, 0) is 6.42 Å². The Morgan fingerprint density at radius 1 is 1.30 bits per heavy atom. The summed E-state index contributed by atoms with van der Waals surface area (Å²) in [5.74, 6) is 2.95. The lowest BCUT2D eigenvalue weighted by molar-refractivity contribution is 0.155. The number of nitrogens with two attached hydrogens (primary N) is 1. The first-order chi connectivity index (χ1) is 9.57. The van der Waals surface area contributed by atoms with Crippen LogP contribution in [0.5, 0.6) is 0 Å². The van der Waals surface area contributed by atoms with Gasteiger partial charge in [0.05, 0.1) is 0 Å². The van der Waals surface area contributed by atoms with Crippen LogP contribution in [0.1, 0.15) is 37.7 Å². The van der Waals surface area contributed by atoms with Gasteiger partial charge in [-0.1, -0.05) is 18.0 Å². The molecule has 0 aromatic heterocycles. The van der Waals surface area contributed by atoms with E-state index in [9.17, 15) is 4.39 Å². The first kappa shape index (κ1) is 13.1. The Morgan fingerprint density at radius 3 is 2.95 bits per heavy atom. The highest BCUT2D eigenvalue weighted by molar-refractivity contribution is 6.30. The smallest absolute Gasteiger partial charge is 0.126 e. The van der Waals surface area contributed by atoms with Gasteiger partial charge in [-0.05, 0) is 79.5 Å². The van der Waals surface area contributed by atoms with Crippen molar-refractivity contribution in [2.75, 3.05) is 0 Å². The maximum absolute atomic E-state index is 14.0. The van der Waals surface area contributed by atoms with Crippen LogP contribution < -0.4 is 5.73 Å². The van der Waals surface area contributed by atoms with E-state index >= 15 is 0 Å². The van der Waals surface area contributed by atoms with Crippen LogP contribution in [0.3, 0.4) is 0 Å². The molecule has 0 heterocycles. The minimum atomic E-state index is -0.207. The van der Waals surface area contributed by atoms with Crippen LogP contribution in [0.25, 0.3) is 0 Å². The third-order valence-electron chi connectivity index (χ3n) is 6.21. The Hall–Kier alpha value is -0.600. The molecule has 0 amide bonds. The van der Waals surface area contributed by atoms with Crippen LogP contribution >= 0.6 is 11.6 Å². The molecule has 0 saturated heterocycles. The number of hydrogen-bond donors (Lipinski definition) is 1. The Morgan fingerprint density at radius 2 is 2.10 bits per heavy atom. The van der Waals surface area contributed by atoms with Gasteiger partial charge in [0.25, 0.3) is 0 Å². The van der Waals surface area contributed by atoms with Gasteiger partial charge in [-0.3, -0.25) is 0 Å². The zero-order valence-electron chi connectivity index (χ0n) is 11.6. The lowest BCUT2D eigenvalue weighted by Crippen LogP contribution is -2.51. The monoisotopic (exact) mass is 293 g/mol. The van der Waals surface area contributed by atoms with E-state index < -0.39 is 0 Å². The minimum Gasteiger partial charge on any atom is -0.325 e. The minimum absolute atomic E-state index is 0.162. The standard InChI is InChI=1S/C17H21ClFN/c18-12-4-5-16(19)11(6-12)9-17(20)8-10-7-15(17)14-3-1-2-13(10)14/h4-6,10,13-15H,1-3,7-9,20H2. The van der Waals surface area contributed by atoms with Crippen LogP contribution in [0.2, 0.25) is 5.02 Å². The molecule has 0 aliphatic heterocycles. The molecule has 1 aromatic carbocycles. The second-order valence-electron chi connectivity index (χ2n) is 7.21. The summed E-state index contributed by atoms with van der Waals surface area (Å²) in [6.45, 7) is 0. The van der Waals surface area contributed by atoms with Gasteiger partial charge in [0.2, 0.25) is 0 Å². The first-order valence-corrected chi connectivity index (χ1v) is 8.17. The molecular weight excluding hydrogens is 273 g/mol. The van der Waals surface area contributed by atoms with Crippen molar-refractivity contribution in [3.8, 4) is 0 Å². The van der Waals surface area contributed by atoms with E-state index in [1.165, 1.54) is 31.7 Å². The zero-order chi connectivity index (χ0) is 13.9. The van der Waals surface area contributed by atoms with Crippen molar-refractivity contribution in [3.63, 3.8) is 0 Å². The second-order valence-corrected chi connectivity index (χ2v) is 7.65. The predicted molar refractivity (Wildman–Crippen MR) is 79.1 cm³/mol. The Balaban J connectivity index is 1.61. The van der Waals surface area contributed by atoms with Crippen molar-refractivity contribution in [1.29, 1.82) is 0 Å². The summed E-state index contributed by atoms with van der Waals surface area (Å²) < 4.78 is 14.0. The fourth-order valence-corrected chi connectivity index (χ4v) is 5.74. The van der Waals surface area contributed by atoms with Crippen molar-refractivity contribution in [2.45, 2.75) is 44.1 Å². The summed E-state index contributed by atoms with van der Waals surface area (Å²) >= 11 is 6.01. The van der Waals surface area contributed by atoms with Gasteiger partial charge in [0, 0.05) is 10.6 Å². The average Bonchev–Trinajstić information content (AvgIpc) is 3.04. The molecule has 5 unspecified atom stereocenters. The highest BCUT2D eigenvalue weighted by atomic mass is 35.5. The molecular formula is C17H21ClFN. The van der Waals surface area contributed by atoms with E-state index in [0.717, 1.165) is 24.2 Å². The highest BCUT2D eigenvalue weighted by Gasteiger charge is 2.59. The van der Waals surface area contributed by atoms with Gasteiger partial charge in [-0.2, -0.15) is 0 Å². The summed E-state index contributed by atoms with van der Waals surface area (Å²) in [5.41, 5.74) is 7.23. The molecule has 108 valence electrons. The molecule has 0 radical (unpaired) electrons. The number of fused-ring (bicyclic) bond motifs is 5. The van der Waals surface area contributed by atoms with Crippen molar-refractivity contribution in [3.05, 3.63) is 34.6 Å². The van der Waals surface area contributed by atoms with Crippen molar-refractivity contribution in [2.24, 2.45) is 29.4 Å². The fourth-order valence-electron chi connectivity index (χ4n) is 5.55. The largest absolute Gasteiger partial charge is 0.325 e. The first-order valence-electron chi connectivity index (χ1n) is 7.80. The van der Waals surface area contributed by atoms with Crippen LogP contribution in [-0.4, -0.2) is 5.54 Å². The maximum Gasteiger partial charge on any atom is 0.126 e. The van der Waals surface area contributed by atoms with Crippen molar-refractivity contribution >= 4 is 11.6 Å². The topological polar surface area (TPSA) is 26.0 Å². The van der Waals surface area contributed by atoms with E-state index in [1.807, 2.05) is 0 Å². The van der Waals surface area contributed by atoms with Crippen LogP contribution in [0, 0.1) is 29.5 Å². The average molecular weight is 294 g/mol. The van der Waals surface area contributed by atoms with Crippen LogP contribution in [0.15, 0.2) is 18.2 Å². The van der Waals surface area contributed by atoms with Crippen LogP contribution in [0.4, 0.5) is 4.39 Å². The van der Waals surface area contributed by atoms with Crippen molar-refractivity contribution in [1.82, 2.24) is 0 Å². The number of rotatable bonds is 2. The lowest BCUT2D eigenvalue weighted by Gasteiger charge is -2.40. The molecule has 3 fully saturated rings. The molecule has 20 heavy (non-hydrogen) atoms. The fraction of sp³-hybridized carbons (Fsp3) is 0.647. The molecule has 1 nitrogen and oxygen atoms in total. The van der Waals surface area contributed by atoms with E-state index in [-0.39, 0.29) is 11.4 Å². The summed E-state index contributed by atoms with van der Waals surface area (Å²) in [6, 6.07) is 4.83. The molecule has 0 spiro atoms. The van der Waals surface area contributed by atoms with Gasteiger partial charge >= 0.3 is 0 Å². The molecule has 3 aliphatic carbocycles. The Labute approximate surface area is 124 Å². The van der Waals surface area contributed by atoms with Crippen molar-refractivity contribution < 1.29 is 4.39 Å². The van der Waals surface area contributed by atoms with Gasteiger partial charge in [0.1, 0.15) is 5.82 Å². The van der Waals surface area contributed by atoms with E-state index in [4.69, 9.17) is 17.3 Å². The normalized spacial score (nSPS) is 42.1. The zero-order valence-corrected chi connectivity index (χ0v) is 12.4. The molecule has 3 saturated carbocycles. The molecule has 4 rings (SSSR count). The summed E-state index contributed by atoms with van der Waals surface area (Å²) in [4.78, 5) is 0. The molecule has 3 aliphatic rings. The van der Waals surface area contributed by atoms with Gasteiger partial charge in [-0.25, -0.2) is 4.39 Å². The van der Waals surface area contributed by atoms with Gasteiger partial charge < -0.3 is 5.73 Å². The summed E-state index contributed by atoms with van der Waals surface area (Å²) in [6.07, 6.45) is 7.09. The van der Waals surface area contributed by atoms with E-state index in [2.05, 4.69) is 0 Å². The quantitative estimate of drug-likeness (QED) is 0.870. The van der Waals surface area contributed by atoms with E-state index in [1.54, 1.807) is 12.1 Å². The predicted octanol–water partition coefficient (Wildman–Crippen LogP) is 4.18.